The van der Waals surface area contributed by atoms with E-state index in [1.807, 2.05) is 0 Å². The van der Waals surface area contributed by atoms with Gasteiger partial charge in [0.25, 0.3) is 0 Å². The van der Waals surface area contributed by atoms with Crippen LogP contribution in [0.25, 0.3) is 0 Å². The molecule has 0 fully saturated rings. The summed E-state index contributed by atoms with van der Waals surface area (Å²) in [5.41, 5.74) is 2.13. The van der Waals surface area contributed by atoms with Crippen molar-refractivity contribution >= 4 is 11.8 Å². The van der Waals surface area contributed by atoms with Crippen LogP contribution in [-0.4, -0.2) is 14.7 Å². The Hall–Kier alpha value is -2.18. The van der Waals surface area contributed by atoms with Gasteiger partial charge >= 0.3 is 0 Å². The van der Waals surface area contributed by atoms with E-state index in [-0.39, 0.29) is 18.2 Å². The molecule has 0 amide bonds. The molecule has 1 aromatic heterocycles. The second kappa shape index (κ2) is 7.59. The quantitative estimate of drug-likeness (QED) is 0.686. The van der Waals surface area contributed by atoms with Gasteiger partial charge in [0.2, 0.25) is 0 Å². The predicted octanol–water partition coefficient (Wildman–Crippen LogP) is 3.99. The molecule has 1 heterocycles. The number of nitrogens with zero attached hydrogens (tertiary/aromatic N) is 2. The highest BCUT2D eigenvalue weighted by Crippen LogP contribution is 2.24. The van der Waals surface area contributed by atoms with Gasteiger partial charge in [0, 0.05) is 11.3 Å². The van der Waals surface area contributed by atoms with E-state index < -0.39 is 0 Å². The predicted molar refractivity (Wildman–Crippen MR) is 89.6 cm³/mol. The average Bonchev–Trinajstić information content (AvgIpc) is 2.98. The van der Waals surface area contributed by atoms with Crippen molar-refractivity contribution in [1.29, 1.82) is 0 Å². The molecule has 6 heteroatoms. The van der Waals surface area contributed by atoms with Crippen LogP contribution >= 0.6 is 11.8 Å². The number of aliphatic hydroxyl groups excluding tert-OH is 1. The Bertz CT molecular complexity index is 818. The van der Waals surface area contributed by atoms with Crippen molar-refractivity contribution in [3.63, 3.8) is 0 Å². The Morgan fingerprint density at radius 2 is 1.79 bits per heavy atom. The van der Waals surface area contributed by atoms with Crippen LogP contribution in [0.5, 0.6) is 0 Å². The van der Waals surface area contributed by atoms with Gasteiger partial charge in [0.1, 0.15) is 11.6 Å². The highest BCUT2D eigenvalue weighted by atomic mass is 32.2. The number of aliphatic hydroxyl groups is 1. The molecule has 0 spiro atoms. The zero-order chi connectivity index (χ0) is 16.9. The molecule has 0 aliphatic rings. The molecule has 0 saturated heterocycles. The maximum Gasteiger partial charge on any atom is 0.168 e. The fraction of sp³-hybridized carbons (Fsp3) is 0.167. The molecule has 124 valence electrons. The first-order valence-electron chi connectivity index (χ1n) is 7.43. The second-order valence-corrected chi connectivity index (χ2v) is 6.23. The number of aromatic nitrogens is 2. The van der Waals surface area contributed by atoms with E-state index in [1.54, 1.807) is 41.1 Å². The molecular weight excluding hydrogens is 330 g/mol. The molecule has 24 heavy (non-hydrogen) atoms. The van der Waals surface area contributed by atoms with Gasteiger partial charge in [-0.15, -0.1) is 0 Å². The third-order valence-electron chi connectivity index (χ3n) is 3.63. The van der Waals surface area contributed by atoms with E-state index in [0.717, 1.165) is 5.56 Å². The monoisotopic (exact) mass is 346 g/mol. The van der Waals surface area contributed by atoms with Gasteiger partial charge in [-0.3, -0.25) is 0 Å². The number of benzene rings is 2. The molecule has 0 aliphatic heterocycles. The lowest BCUT2D eigenvalue weighted by Crippen LogP contribution is -2.07. The van der Waals surface area contributed by atoms with Gasteiger partial charge in [-0.05, 0) is 23.8 Å². The zero-order valence-corrected chi connectivity index (χ0v) is 13.6. The molecule has 0 aliphatic carbocycles. The standard InChI is InChI=1S/C18H16F2N2OS/c19-15-7-5-13(6-8-15)12-24-18-21-9-16(11-23)22(18)10-14-3-1-2-4-17(14)20/h1-9,23H,10-12H2. The third-order valence-corrected chi connectivity index (χ3v) is 4.69. The van der Waals surface area contributed by atoms with E-state index in [2.05, 4.69) is 4.98 Å². The van der Waals surface area contributed by atoms with Crippen molar-refractivity contribution in [3.8, 4) is 0 Å². The van der Waals surface area contributed by atoms with Crippen molar-refractivity contribution in [3.05, 3.63) is 83.2 Å². The van der Waals surface area contributed by atoms with Crippen molar-refractivity contribution in [2.45, 2.75) is 24.1 Å². The molecule has 3 rings (SSSR count). The fourth-order valence-electron chi connectivity index (χ4n) is 2.33. The highest BCUT2D eigenvalue weighted by molar-refractivity contribution is 7.98. The molecule has 0 saturated carbocycles. The maximum absolute atomic E-state index is 13.9. The zero-order valence-electron chi connectivity index (χ0n) is 12.8. The molecule has 0 atom stereocenters. The number of hydrogen-bond donors (Lipinski definition) is 1. The summed E-state index contributed by atoms with van der Waals surface area (Å²) in [6.07, 6.45) is 1.59. The number of rotatable bonds is 6. The molecular formula is C18H16F2N2OS. The smallest absolute Gasteiger partial charge is 0.168 e. The minimum atomic E-state index is -0.287. The SMILES string of the molecule is OCc1cnc(SCc2ccc(F)cc2)n1Cc1ccccc1F. The third kappa shape index (κ3) is 3.83. The summed E-state index contributed by atoms with van der Waals surface area (Å²) < 4.78 is 28.7. The molecule has 3 aromatic rings. The van der Waals surface area contributed by atoms with Crippen molar-refractivity contribution in [2.24, 2.45) is 0 Å². The van der Waals surface area contributed by atoms with Crippen LogP contribution in [0.1, 0.15) is 16.8 Å². The number of halogens is 2. The molecule has 3 nitrogen and oxygen atoms in total. The summed E-state index contributed by atoms with van der Waals surface area (Å²) in [5.74, 6) is 0.0522. The Labute approximate surface area is 143 Å². The minimum Gasteiger partial charge on any atom is -0.390 e. The van der Waals surface area contributed by atoms with Crippen LogP contribution in [0.2, 0.25) is 0 Å². The number of thioether (sulfide) groups is 1. The van der Waals surface area contributed by atoms with Crippen LogP contribution < -0.4 is 0 Å². The minimum absolute atomic E-state index is 0.168. The van der Waals surface area contributed by atoms with Gasteiger partial charge < -0.3 is 9.67 Å². The Kier molecular flexibility index (Phi) is 5.27. The summed E-state index contributed by atoms with van der Waals surface area (Å²) in [5, 5.41) is 10.2. The van der Waals surface area contributed by atoms with Crippen LogP contribution in [0.4, 0.5) is 8.78 Å². The Morgan fingerprint density at radius 3 is 2.50 bits per heavy atom. The van der Waals surface area contributed by atoms with E-state index in [9.17, 15) is 13.9 Å². The van der Waals surface area contributed by atoms with Gasteiger partial charge in [0.15, 0.2) is 5.16 Å². The molecule has 0 bridgehead atoms. The molecule has 1 N–H and O–H groups in total. The first kappa shape index (κ1) is 16.7. The van der Waals surface area contributed by atoms with Crippen LogP contribution in [0, 0.1) is 11.6 Å². The Balaban J connectivity index is 1.80. The molecule has 0 unspecified atom stereocenters. The lowest BCUT2D eigenvalue weighted by atomic mass is 10.2. The van der Waals surface area contributed by atoms with Gasteiger partial charge in [-0.1, -0.05) is 42.1 Å². The van der Waals surface area contributed by atoms with Gasteiger partial charge in [-0.25, -0.2) is 13.8 Å². The van der Waals surface area contributed by atoms with Crippen molar-refractivity contribution in [1.82, 2.24) is 9.55 Å². The van der Waals surface area contributed by atoms with E-state index in [4.69, 9.17) is 0 Å². The topological polar surface area (TPSA) is 38.1 Å². The molecule has 2 aromatic carbocycles. The highest BCUT2D eigenvalue weighted by Gasteiger charge is 2.12. The fourth-order valence-corrected chi connectivity index (χ4v) is 3.28. The van der Waals surface area contributed by atoms with E-state index in [1.165, 1.54) is 30.0 Å². The van der Waals surface area contributed by atoms with Gasteiger partial charge in [0.05, 0.1) is 25.0 Å². The van der Waals surface area contributed by atoms with Crippen LogP contribution in [0.3, 0.4) is 0 Å². The summed E-state index contributed by atoms with van der Waals surface area (Å²) in [6.45, 7) is 0.132. The lowest BCUT2D eigenvalue weighted by molar-refractivity contribution is 0.270. The number of hydrogen-bond acceptors (Lipinski definition) is 3. The van der Waals surface area contributed by atoms with E-state index >= 15 is 0 Å². The summed E-state index contributed by atoms with van der Waals surface area (Å²) in [6, 6.07) is 12.8. The normalized spacial score (nSPS) is 11.0. The van der Waals surface area contributed by atoms with Crippen LogP contribution in [-0.2, 0) is 18.9 Å². The van der Waals surface area contributed by atoms with Crippen molar-refractivity contribution < 1.29 is 13.9 Å². The maximum atomic E-state index is 13.9. The van der Waals surface area contributed by atoms with Gasteiger partial charge in [-0.2, -0.15) is 0 Å². The summed E-state index contributed by atoms with van der Waals surface area (Å²) >= 11 is 1.46. The van der Waals surface area contributed by atoms with Crippen molar-refractivity contribution in [2.75, 3.05) is 0 Å². The summed E-state index contributed by atoms with van der Waals surface area (Å²) in [7, 11) is 0. The van der Waals surface area contributed by atoms with E-state index in [0.29, 0.717) is 28.7 Å². The first-order chi connectivity index (χ1) is 11.7. The largest absolute Gasteiger partial charge is 0.390 e. The molecule has 0 radical (unpaired) electrons. The average molecular weight is 346 g/mol. The van der Waals surface area contributed by atoms with Crippen LogP contribution in [0.15, 0.2) is 59.9 Å². The second-order valence-electron chi connectivity index (χ2n) is 5.28. The Morgan fingerprint density at radius 1 is 1.04 bits per heavy atom. The number of imidazole rings is 1. The summed E-state index contributed by atoms with van der Waals surface area (Å²) in [4.78, 5) is 4.31. The first-order valence-corrected chi connectivity index (χ1v) is 8.42. The lowest BCUT2D eigenvalue weighted by Gasteiger charge is -2.11.